The maximum absolute atomic E-state index is 11.2. The van der Waals surface area contributed by atoms with Crippen LogP contribution in [0.25, 0.3) is 0 Å². The van der Waals surface area contributed by atoms with E-state index in [1.165, 1.54) is 0 Å². The highest BCUT2D eigenvalue weighted by atomic mass is 16.1. The number of nitrogens with zero attached hydrogens (tertiary/aromatic N) is 1. The topological polar surface area (TPSA) is 29.4 Å². The van der Waals surface area contributed by atoms with Gasteiger partial charge in [-0.15, -0.1) is 0 Å². The Labute approximate surface area is 60.7 Å². The Hall–Kier alpha value is -0.920. The van der Waals surface area contributed by atoms with Crippen LogP contribution in [0, 0.1) is 5.92 Å². The van der Waals surface area contributed by atoms with E-state index >= 15 is 0 Å². The lowest BCUT2D eigenvalue weighted by Gasteiger charge is -2.01. The zero-order valence-corrected chi connectivity index (χ0v) is 6.29. The molecule has 2 heteroatoms. The highest BCUT2D eigenvalue weighted by molar-refractivity contribution is 6.41. The minimum Gasteiger partial charge on any atom is -0.293 e. The summed E-state index contributed by atoms with van der Waals surface area (Å²) in [6, 6.07) is 0. The van der Waals surface area contributed by atoms with Crippen molar-refractivity contribution in [2.24, 2.45) is 10.9 Å². The van der Waals surface area contributed by atoms with Crippen LogP contribution in [0.4, 0.5) is 0 Å². The molecule has 0 N–H and O–H groups in total. The van der Waals surface area contributed by atoms with E-state index in [1.807, 2.05) is 19.9 Å². The zero-order chi connectivity index (χ0) is 7.56. The lowest BCUT2D eigenvalue weighted by molar-refractivity contribution is -0.115. The number of carbonyl (C=O) groups excluding carboxylic acids is 1. The Kier molecular flexibility index (Phi) is 2.00. The van der Waals surface area contributed by atoms with Crippen molar-refractivity contribution in [2.75, 3.05) is 0 Å². The van der Waals surface area contributed by atoms with Crippen molar-refractivity contribution in [3.8, 4) is 0 Å². The Bertz CT molecular complexity index is 201. The third-order valence-electron chi connectivity index (χ3n) is 1.46. The van der Waals surface area contributed by atoms with Gasteiger partial charge >= 0.3 is 0 Å². The average Bonchev–Trinajstić information content (AvgIpc) is 2.36. The Balaban J connectivity index is 2.59. The smallest absolute Gasteiger partial charge is 0.179 e. The molecule has 0 saturated carbocycles. The van der Waals surface area contributed by atoms with E-state index < -0.39 is 0 Å². The molecule has 0 aromatic rings. The summed E-state index contributed by atoms with van der Waals surface area (Å²) in [6.07, 6.45) is 4.31. The van der Waals surface area contributed by atoms with Gasteiger partial charge in [0.2, 0.25) is 0 Å². The number of carbonyl (C=O) groups is 1. The van der Waals surface area contributed by atoms with E-state index in [1.54, 1.807) is 6.20 Å². The molecule has 0 aromatic carbocycles. The number of aliphatic imine (C=N–C) groups is 1. The van der Waals surface area contributed by atoms with Crippen LogP contribution in [0.3, 0.4) is 0 Å². The van der Waals surface area contributed by atoms with Crippen LogP contribution in [0.1, 0.15) is 20.3 Å². The fraction of sp³-hybridized carbons (Fsp3) is 0.500. The largest absolute Gasteiger partial charge is 0.293 e. The summed E-state index contributed by atoms with van der Waals surface area (Å²) in [5.74, 6) is 0.253. The number of hydrogen-bond donors (Lipinski definition) is 0. The van der Waals surface area contributed by atoms with Crippen molar-refractivity contribution < 1.29 is 4.79 Å². The Morgan fingerprint density at radius 1 is 1.70 bits per heavy atom. The molecule has 0 aliphatic carbocycles. The van der Waals surface area contributed by atoms with E-state index in [0.29, 0.717) is 5.71 Å². The Morgan fingerprint density at radius 3 is 2.80 bits per heavy atom. The molecule has 0 aromatic heterocycles. The highest BCUT2D eigenvalue weighted by Gasteiger charge is 2.14. The van der Waals surface area contributed by atoms with Crippen molar-refractivity contribution in [3.05, 3.63) is 12.3 Å². The normalized spacial score (nSPS) is 16.1. The third kappa shape index (κ3) is 1.32. The van der Waals surface area contributed by atoms with Gasteiger partial charge in [-0.2, -0.15) is 0 Å². The van der Waals surface area contributed by atoms with Crippen LogP contribution in [0.5, 0.6) is 0 Å². The van der Waals surface area contributed by atoms with Crippen LogP contribution in [0.2, 0.25) is 0 Å². The maximum Gasteiger partial charge on any atom is 0.179 e. The molecule has 0 radical (unpaired) electrons. The van der Waals surface area contributed by atoms with Crippen LogP contribution in [0.15, 0.2) is 17.3 Å². The molecule has 0 fully saturated rings. The van der Waals surface area contributed by atoms with Crippen molar-refractivity contribution in [2.45, 2.75) is 20.3 Å². The Morgan fingerprint density at radius 2 is 2.40 bits per heavy atom. The predicted molar refractivity (Wildman–Crippen MR) is 41.0 cm³/mol. The molecule has 0 atom stereocenters. The fourth-order valence-corrected chi connectivity index (χ4v) is 0.857. The first-order valence-corrected chi connectivity index (χ1v) is 3.47. The molecule has 2 nitrogen and oxygen atoms in total. The fourth-order valence-electron chi connectivity index (χ4n) is 0.857. The summed E-state index contributed by atoms with van der Waals surface area (Å²) >= 11 is 0. The van der Waals surface area contributed by atoms with Gasteiger partial charge in [-0.05, 0) is 0 Å². The molecule has 0 unspecified atom stereocenters. The van der Waals surface area contributed by atoms with Gasteiger partial charge < -0.3 is 0 Å². The summed E-state index contributed by atoms with van der Waals surface area (Å²) in [6.45, 7) is 3.78. The first-order chi connectivity index (χ1) is 4.72. The van der Waals surface area contributed by atoms with Crippen molar-refractivity contribution >= 4 is 11.5 Å². The van der Waals surface area contributed by atoms with Crippen molar-refractivity contribution in [1.29, 1.82) is 0 Å². The van der Waals surface area contributed by atoms with Gasteiger partial charge in [-0.1, -0.05) is 19.9 Å². The third-order valence-corrected chi connectivity index (χ3v) is 1.46. The van der Waals surface area contributed by atoms with Crippen molar-refractivity contribution in [3.63, 3.8) is 0 Å². The molecule has 1 heterocycles. The second-order valence-corrected chi connectivity index (χ2v) is 2.68. The van der Waals surface area contributed by atoms with E-state index in [9.17, 15) is 4.79 Å². The SMILES string of the molecule is CC(C)C(=O)C1=NC=CC1. The zero-order valence-electron chi connectivity index (χ0n) is 6.29. The van der Waals surface area contributed by atoms with Crippen LogP contribution < -0.4 is 0 Å². The molecule has 54 valence electrons. The quantitative estimate of drug-likeness (QED) is 0.568. The molecule has 0 bridgehead atoms. The molecule has 1 aliphatic heterocycles. The first kappa shape index (κ1) is 7.19. The van der Waals surface area contributed by atoms with Crippen molar-refractivity contribution in [1.82, 2.24) is 0 Å². The van der Waals surface area contributed by atoms with E-state index in [-0.39, 0.29) is 11.7 Å². The molecule has 0 amide bonds. The van der Waals surface area contributed by atoms with Crippen LogP contribution in [-0.4, -0.2) is 11.5 Å². The average molecular weight is 137 g/mol. The van der Waals surface area contributed by atoms with Crippen LogP contribution >= 0.6 is 0 Å². The van der Waals surface area contributed by atoms with Gasteiger partial charge in [0, 0.05) is 18.5 Å². The second-order valence-electron chi connectivity index (χ2n) is 2.68. The minimum absolute atomic E-state index is 0.0821. The molecule has 10 heavy (non-hydrogen) atoms. The van der Waals surface area contributed by atoms with Gasteiger partial charge in [0.15, 0.2) is 5.78 Å². The molecular formula is C8H11NO. The summed E-state index contributed by atoms with van der Waals surface area (Å²) in [4.78, 5) is 15.1. The van der Waals surface area contributed by atoms with E-state index in [2.05, 4.69) is 4.99 Å². The molecule has 1 rings (SSSR count). The minimum atomic E-state index is 0.0821. The maximum atomic E-state index is 11.2. The standard InChI is InChI=1S/C8H11NO/c1-6(2)8(10)7-4-3-5-9-7/h3,5-6H,4H2,1-2H3. The number of ketones is 1. The second kappa shape index (κ2) is 2.78. The van der Waals surface area contributed by atoms with E-state index in [0.717, 1.165) is 6.42 Å². The highest BCUT2D eigenvalue weighted by Crippen LogP contribution is 2.06. The van der Waals surface area contributed by atoms with Gasteiger partial charge in [0.1, 0.15) is 0 Å². The van der Waals surface area contributed by atoms with E-state index in [4.69, 9.17) is 0 Å². The number of Topliss-reactive ketones (excluding diaryl/α,β-unsaturated/α-hetero) is 1. The molecule has 0 spiro atoms. The van der Waals surface area contributed by atoms with Gasteiger partial charge in [0.05, 0.1) is 5.71 Å². The predicted octanol–water partition coefficient (Wildman–Crippen LogP) is 1.57. The number of allylic oxidation sites excluding steroid dienone is 1. The molecule has 0 saturated heterocycles. The lowest BCUT2D eigenvalue weighted by atomic mass is 10.0. The summed E-state index contributed by atoms with van der Waals surface area (Å²) < 4.78 is 0. The summed E-state index contributed by atoms with van der Waals surface area (Å²) in [7, 11) is 0. The summed E-state index contributed by atoms with van der Waals surface area (Å²) in [5.41, 5.74) is 0.704. The number of hydrogen-bond acceptors (Lipinski definition) is 2. The van der Waals surface area contributed by atoms with Crippen LogP contribution in [-0.2, 0) is 4.79 Å². The van der Waals surface area contributed by atoms with Gasteiger partial charge in [0.25, 0.3) is 0 Å². The lowest BCUT2D eigenvalue weighted by Crippen LogP contribution is -2.17. The number of rotatable bonds is 2. The van der Waals surface area contributed by atoms with Gasteiger partial charge in [-0.3, -0.25) is 9.79 Å². The first-order valence-electron chi connectivity index (χ1n) is 3.47. The molecule has 1 aliphatic rings. The summed E-state index contributed by atoms with van der Waals surface area (Å²) in [5, 5.41) is 0. The monoisotopic (exact) mass is 137 g/mol. The van der Waals surface area contributed by atoms with Gasteiger partial charge in [-0.25, -0.2) is 0 Å². The molecular weight excluding hydrogens is 126 g/mol.